The van der Waals surface area contributed by atoms with Crippen LogP contribution in [-0.2, 0) is 6.18 Å². The van der Waals surface area contributed by atoms with E-state index in [4.69, 9.17) is 16.9 Å². The Bertz CT molecular complexity index is 466. The number of alkyl halides is 3. The van der Waals surface area contributed by atoms with Gasteiger partial charge in [0.2, 0.25) is 0 Å². The van der Waals surface area contributed by atoms with E-state index in [0.717, 1.165) is 30.4 Å². The summed E-state index contributed by atoms with van der Waals surface area (Å²) in [6.07, 6.45) is -1.24. The molecule has 0 aromatic carbocycles. The number of nitrogens with zero attached hydrogens (tertiary/aromatic N) is 3. The van der Waals surface area contributed by atoms with Gasteiger partial charge in [-0.2, -0.15) is 23.5 Å². The smallest absolute Gasteiger partial charge is 0.249 e. The Morgan fingerprint density at radius 3 is 2.35 bits per heavy atom. The van der Waals surface area contributed by atoms with Gasteiger partial charge in [0.1, 0.15) is 16.8 Å². The molecule has 0 N–H and O–H groups in total. The molecule has 7 heteroatoms. The van der Waals surface area contributed by atoms with E-state index in [-0.39, 0.29) is 11.2 Å². The highest BCUT2D eigenvalue weighted by atomic mass is 35.5. The van der Waals surface area contributed by atoms with Gasteiger partial charge >= 0.3 is 6.18 Å². The normalized spacial score (nSPS) is 17.4. The van der Waals surface area contributed by atoms with Gasteiger partial charge in [-0.15, -0.1) is 0 Å². The molecule has 1 aromatic rings. The minimum Gasteiger partial charge on any atom is -0.249 e. The van der Waals surface area contributed by atoms with Gasteiger partial charge in [-0.05, 0) is 12.8 Å². The maximum absolute atomic E-state index is 12.6. The molecule has 1 aliphatic carbocycles. The van der Waals surface area contributed by atoms with Crippen molar-refractivity contribution in [2.24, 2.45) is 0 Å². The lowest BCUT2D eigenvalue weighted by atomic mass is 10.2. The number of halogens is 4. The fourth-order valence-corrected chi connectivity index (χ4v) is 2.41. The van der Waals surface area contributed by atoms with Crippen LogP contribution in [0.1, 0.15) is 43.0 Å². The van der Waals surface area contributed by atoms with Crippen LogP contribution in [0, 0.1) is 11.3 Å². The summed E-state index contributed by atoms with van der Waals surface area (Å²) in [6, 6.07) is 1.36. The van der Waals surface area contributed by atoms with Crippen molar-refractivity contribution in [3.05, 3.63) is 16.4 Å². The number of nitriles is 1. The van der Waals surface area contributed by atoms with Crippen molar-refractivity contribution in [1.29, 1.82) is 5.26 Å². The van der Waals surface area contributed by atoms with E-state index in [9.17, 15) is 13.2 Å². The van der Waals surface area contributed by atoms with Crippen LogP contribution in [0.3, 0.4) is 0 Å². The Morgan fingerprint density at radius 2 is 1.94 bits per heavy atom. The third kappa shape index (κ3) is 2.12. The molecule has 1 aromatic heterocycles. The number of aromatic nitrogens is 2. The lowest BCUT2D eigenvalue weighted by Crippen LogP contribution is -2.11. The van der Waals surface area contributed by atoms with Crippen molar-refractivity contribution in [2.75, 3.05) is 0 Å². The molecule has 0 amide bonds. The van der Waals surface area contributed by atoms with Crippen LogP contribution in [0.15, 0.2) is 0 Å². The fourth-order valence-electron chi connectivity index (χ4n) is 2.10. The summed E-state index contributed by atoms with van der Waals surface area (Å²) < 4.78 is 39.0. The molecule has 17 heavy (non-hydrogen) atoms. The first kappa shape index (κ1) is 12.2. The zero-order chi connectivity index (χ0) is 12.6. The minimum absolute atomic E-state index is 0.120. The second-order valence-electron chi connectivity index (χ2n) is 4.01. The quantitative estimate of drug-likeness (QED) is 0.778. The molecule has 2 rings (SSSR count). The average molecular weight is 264 g/mol. The molecule has 0 unspecified atom stereocenters. The van der Waals surface area contributed by atoms with Crippen LogP contribution in [0.4, 0.5) is 13.2 Å². The zero-order valence-electron chi connectivity index (χ0n) is 8.76. The summed E-state index contributed by atoms with van der Waals surface area (Å²) in [5.74, 6) is 0. The maximum atomic E-state index is 12.6. The Hall–Kier alpha value is -1.22. The van der Waals surface area contributed by atoms with Crippen LogP contribution < -0.4 is 0 Å². The first-order valence-electron chi connectivity index (χ1n) is 5.20. The van der Waals surface area contributed by atoms with Gasteiger partial charge in [-0.3, -0.25) is 0 Å². The maximum Gasteiger partial charge on any atom is 0.436 e. The number of hydrogen-bond acceptors (Lipinski definition) is 2. The standard InChI is InChI=1S/C10H9ClF3N3/c11-9-7(5-15)8(10(12,13)14)16-17(9)6-3-1-2-4-6/h6H,1-4H2. The molecule has 1 heterocycles. The third-order valence-electron chi connectivity index (χ3n) is 2.90. The van der Waals surface area contributed by atoms with Crippen molar-refractivity contribution in [2.45, 2.75) is 37.9 Å². The lowest BCUT2D eigenvalue weighted by Gasteiger charge is -2.10. The summed E-state index contributed by atoms with van der Waals surface area (Å²) in [5, 5.41) is 12.0. The Labute approximate surface area is 101 Å². The number of hydrogen-bond donors (Lipinski definition) is 0. The highest BCUT2D eigenvalue weighted by molar-refractivity contribution is 6.30. The van der Waals surface area contributed by atoms with Gasteiger partial charge in [0, 0.05) is 0 Å². The van der Waals surface area contributed by atoms with E-state index >= 15 is 0 Å². The highest BCUT2D eigenvalue weighted by Gasteiger charge is 2.40. The molecular formula is C10H9ClF3N3. The van der Waals surface area contributed by atoms with Crippen molar-refractivity contribution >= 4 is 11.6 Å². The summed E-state index contributed by atoms with van der Waals surface area (Å²) in [6.45, 7) is 0. The van der Waals surface area contributed by atoms with Gasteiger partial charge in [-0.1, -0.05) is 24.4 Å². The second kappa shape index (κ2) is 4.22. The second-order valence-corrected chi connectivity index (χ2v) is 4.36. The van der Waals surface area contributed by atoms with E-state index in [0.29, 0.717) is 0 Å². The highest BCUT2D eigenvalue weighted by Crippen LogP contribution is 2.38. The predicted octanol–water partition coefficient (Wildman–Crippen LogP) is 3.54. The van der Waals surface area contributed by atoms with Gasteiger partial charge < -0.3 is 0 Å². The van der Waals surface area contributed by atoms with Crippen LogP contribution in [0.25, 0.3) is 0 Å². The molecule has 0 radical (unpaired) electrons. The van der Waals surface area contributed by atoms with E-state index in [1.54, 1.807) is 0 Å². The van der Waals surface area contributed by atoms with Crippen molar-refractivity contribution in [3.63, 3.8) is 0 Å². The van der Waals surface area contributed by atoms with Gasteiger partial charge in [-0.25, -0.2) is 4.68 Å². The molecule has 0 bridgehead atoms. The first-order valence-corrected chi connectivity index (χ1v) is 5.58. The van der Waals surface area contributed by atoms with E-state index in [2.05, 4.69) is 5.10 Å². The first-order chi connectivity index (χ1) is 7.95. The van der Waals surface area contributed by atoms with Crippen LogP contribution in [-0.4, -0.2) is 9.78 Å². The predicted molar refractivity (Wildman–Crippen MR) is 54.5 cm³/mol. The zero-order valence-corrected chi connectivity index (χ0v) is 9.52. The Kier molecular flexibility index (Phi) is 3.04. The SMILES string of the molecule is N#Cc1c(C(F)(F)F)nn(C2CCCC2)c1Cl. The summed E-state index contributed by atoms with van der Waals surface area (Å²) in [5.41, 5.74) is -1.76. The van der Waals surface area contributed by atoms with Crippen molar-refractivity contribution in [3.8, 4) is 6.07 Å². The molecule has 0 saturated heterocycles. The largest absolute Gasteiger partial charge is 0.436 e. The van der Waals surface area contributed by atoms with Crippen LogP contribution in [0.2, 0.25) is 5.15 Å². The molecule has 0 atom stereocenters. The number of rotatable bonds is 1. The van der Waals surface area contributed by atoms with Gasteiger partial charge in [0.25, 0.3) is 0 Å². The summed E-state index contributed by atoms with van der Waals surface area (Å²) >= 11 is 5.79. The molecule has 1 fully saturated rings. The third-order valence-corrected chi connectivity index (χ3v) is 3.27. The van der Waals surface area contributed by atoms with E-state index < -0.39 is 17.4 Å². The molecule has 3 nitrogen and oxygen atoms in total. The molecule has 0 spiro atoms. The molecular weight excluding hydrogens is 255 g/mol. The summed E-state index contributed by atoms with van der Waals surface area (Å²) in [4.78, 5) is 0. The molecule has 0 aliphatic heterocycles. The Morgan fingerprint density at radius 1 is 1.35 bits per heavy atom. The topological polar surface area (TPSA) is 41.6 Å². The average Bonchev–Trinajstić information content (AvgIpc) is 2.82. The van der Waals surface area contributed by atoms with Crippen LogP contribution >= 0.6 is 11.6 Å². The van der Waals surface area contributed by atoms with E-state index in [1.807, 2.05) is 0 Å². The molecule has 92 valence electrons. The van der Waals surface area contributed by atoms with Crippen molar-refractivity contribution < 1.29 is 13.2 Å². The Balaban J connectivity index is 2.49. The molecule has 1 aliphatic rings. The lowest BCUT2D eigenvalue weighted by molar-refractivity contribution is -0.141. The summed E-state index contributed by atoms with van der Waals surface area (Å²) in [7, 11) is 0. The van der Waals surface area contributed by atoms with Gasteiger partial charge in [0.05, 0.1) is 6.04 Å². The fraction of sp³-hybridized carbons (Fsp3) is 0.600. The van der Waals surface area contributed by atoms with Crippen LogP contribution in [0.5, 0.6) is 0 Å². The van der Waals surface area contributed by atoms with Gasteiger partial charge in [0.15, 0.2) is 5.69 Å². The van der Waals surface area contributed by atoms with E-state index in [1.165, 1.54) is 6.07 Å². The monoisotopic (exact) mass is 263 g/mol. The minimum atomic E-state index is -4.64. The van der Waals surface area contributed by atoms with Crippen molar-refractivity contribution in [1.82, 2.24) is 9.78 Å². The molecule has 1 saturated carbocycles.